The van der Waals surface area contributed by atoms with Gasteiger partial charge in [0.15, 0.2) is 0 Å². The SMILES string of the molecule is CCN(Cc1ccc(C)cn1)C1COCC1C(=O)O. The average molecular weight is 264 g/mol. The van der Waals surface area contributed by atoms with Gasteiger partial charge in [0.25, 0.3) is 0 Å². The predicted octanol–water partition coefficient (Wildman–Crippen LogP) is 1.31. The molecule has 1 aliphatic heterocycles. The highest BCUT2D eigenvalue weighted by atomic mass is 16.5. The number of nitrogens with zero attached hydrogens (tertiary/aromatic N) is 2. The number of carbonyl (C=O) groups is 1. The van der Waals surface area contributed by atoms with E-state index >= 15 is 0 Å². The molecular weight excluding hydrogens is 244 g/mol. The van der Waals surface area contributed by atoms with Gasteiger partial charge in [-0.3, -0.25) is 14.7 Å². The van der Waals surface area contributed by atoms with Crippen molar-refractivity contribution in [2.45, 2.75) is 26.4 Å². The van der Waals surface area contributed by atoms with E-state index in [4.69, 9.17) is 4.74 Å². The summed E-state index contributed by atoms with van der Waals surface area (Å²) >= 11 is 0. The number of ether oxygens (including phenoxy) is 1. The highest BCUT2D eigenvalue weighted by Gasteiger charge is 2.37. The predicted molar refractivity (Wildman–Crippen MR) is 70.8 cm³/mol. The van der Waals surface area contributed by atoms with Gasteiger partial charge in [0, 0.05) is 18.8 Å². The van der Waals surface area contributed by atoms with Crippen LogP contribution in [-0.4, -0.2) is 46.8 Å². The molecule has 104 valence electrons. The maximum absolute atomic E-state index is 11.2. The third-order valence-electron chi connectivity index (χ3n) is 3.58. The summed E-state index contributed by atoms with van der Waals surface area (Å²) in [5.41, 5.74) is 2.09. The first kappa shape index (κ1) is 14.0. The molecule has 5 heteroatoms. The number of pyridine rings is 1. The molecule has 0 saturated carbocycles. The Balaban J connectivity index is 2.07. The van der Waals surface area contributed by atoms with E-state index in [1.54, 1.807) is 0 Å². The maximum Gasteiger partial charge on any atom is 0.310 e. The van der Waals surface area contributed by atoms with E-state index in [0.717, 1.165) is 17.8 Å². The van der Waals surface area contributed by atoms with E-state index in [0.29, 0.717) is 19.8 Å². The fourth-order valence-corrected chi connectivity index (χ4v) is 2.40. The molecular formula is C14H20N2O3. The van der Waals surface area contributed by atoms with Crippen molar-refractivity contribution in [3.05, 3.63) is 29.6 Å². The van der Waals surface area contributed by atoms with Crippen molar-refractivity contribution in [1.29, 1.82) is 0 Å². The van der Waals surface area contributed by atoms with Crippen molar-refractivity contribution in [2.24, 2.45) is 5.92 Å². The largest absolute Gasteiger partial charge is 0.481 e. The van der Waals surface area contributed by atoms with Crippen LogP contribution in [0.4, 0.5) is 0 Å². The van der Waals surface area contributed by atoms with Gasteiger partial charge in [0.1, 0.15) is 0 Å². The molecule has 19 heavy (non-hydrogen) atoms. The summed E-state index contributed by atoms with van der Waals surface area (Å²) in [6, 6.07) is 3.95. The molecule has 2 rings (SSSR count). The molecule has 0 bridgehead atoms. The second-order valence-corrected chi connectivity index (χ2v) is 4.94. The van der Waals surface area contributed by atoms with Crippen LogP contribution in [-0.2, 0) is 16.1 Å². The molecule has 0 aromatic carbocycles. The minimum atomic E-state index is -0.780. The number of aryl methyl sites for hydroxylation is 1. The Morgan fingerprint density at radius 2 is 2.32 bits per heavy atom. The first-order valence-corrected chi connectivity index (χ1v) is 6.58. The summed E-state index contributed by atoms with van der Waals surface area (Å²) in [6.45, 7) is 6.27. The first-order chi connectivity index (χ1) is 9.11. The highest BCUT2D eigenvalue weighted by Crippen LogP contribution is 2.21. The zero-order valence-electron chi connectivity index (χ0n) is 11.4. The van der Waals surface area contributed by atoms with Gasteiger partial charge in [-0.2, -0.15) is 0 Å². The quantitative estimate of drug-likeness (QED) is 0.869. The molecule has 1 N–H and O–H groups in total. The molecule has 0 radical (unpaired) electrons. The Morgan fingerprint density at radius 1 is 1.53 bits per heavy atom. The van der Waals surface area contributed by atoms with Crippen molar-refractivity contribution in [3.63, 3.8) is 0 Å². The molecule has 5 nitrogen and oxygen atoms in total. The fraction of sp³-hybridized carbons (Fsp3) is 0.571. The molecule has 1 fully saturated rings. The Morgan fingerprint density at radius 3 is 2.89 bits per heavy atom. The van der Waals surface area contributed by atoms with Crippen LogP contribution in [0.2, 0.25) is 0 Å². The van der Waals surface area contributed by atoms with Crippen LogP contribution in [0.3, 0.4) is 0 Å². The van der Waals surface area contributed by atoms with Crippen LogP contribution in [0.15, 0.2) is 18.3 Å². The minimum Gasteiger partial charge on any atom is -0.481 e. The van der Waals surface area contributed by atoms with E-state index in [-0.39, 0.29) is 6.04 Å². The standard InChI is InChI=1S/C14H20N2O3/c1-3-16(7-11-5-4-10(2)6-15-11)13-9-19-8-12(13)14(17)18/h4-6,12-13H,3,7-9H2,1-2H3,(H,17,18). The number of aromatic nitrogens is 1. The van der Waals surface area contributed by atoms with E-state index < -0.39 is 11.9 Å². The molecule has 0 spiro atoms. The first-order valence-electron chi connectivity index (χ1n) is 6.58. The molecule has 1 aromatic heterocycles. The third-order valence-corrected chi connectivity index (χ3v) is 3.58. The van der Waals surface area contributed by atoms with Crippen molar-refractivity contribution in [2.75, 3.05) is 19.8 Å². The lowest BCUT2D eigenvalue weighted by Crippen LogP contribution is -2.42. The lowest BCUT2D eigenvalue weighted by molar-refractivity contribution is -0.143. The minimum absolute atomic E-state index is 0.0643. The highest BCUT2D eigenvalue weighted by molar-refractivity contribution is 5.71. The lowest BCUT2D eigenvalue weighted by atomic mass is 10.0. The number of hydrogen-bond acceptors (Lipinski definition) is 4. The van der Waals surface area contributed by atoms with Gasteiger partial charge in [-0.1, -0.05) is 13.0 Å². The van der Waals surface area contributed by atoms with Crippen molar-refractivity contribution in [1.82, 2.24) is 9.88 Å². The number of carboxylic acids is 1. The van der Waals surface area contributed by atoms with Crippen LogP contribution < -0.4 is 0 Å². The summed E-state index contributed by atoms with van der Waals surface area (Å²) in [5, 5.41) is 9.21. The molecule has 0 amide bonds. The summed E-state index contributed by atoms with van der Waals surface area (Å²) in [7, 11) is 0. The summed E-state index contributed by atoms with van der Waals surface area (Å²) in [6.07, 6.45) is 1.84. The second kappa shape index (κ2) is 6.12. The van der Waals surface area contributed by atoms with Crippen LogP contribution in [0.25, 0.3) is 0 Å². The van der Waals surface area contributed by atoms with Crippen molar-refractivity contribution < 1.29 is 14.6 Å². The zero-order valence-corrected chi connectivity index (χ0v) is 11.4. The van der Waals surface area contributed by atoms with Crippen LogP contribution >= 0.6 is 0 Å². The van der Waals surface area contributed by atoms with Gasteiger partial charge in [-0.25, -0.2) is 0 Å². The lowest BCUT2D eigenvalue weighted by Gasteiger charge is -2.28. The summed E-state index contributed by atoms with van der Waals surface area (Å²) < 4.78 is 5.33. The molecule has 2 heterocycles. The molecule has 1 aliphatic rings. The number of likely N-dealkylation sites (N-methyl/N-ethyl adjacent to an activating group) is 1. The Kier molecular flexibility index (Phi) is 4.50. The van der Waals surface area contributed by atoms with Gasteiger partial charge in [0.05, 0.1) is 24.8 Å². The smallest absolute Gasteiger partial charge is 0.310 e. The van der Waals surface area contributed by atoms with Gasteiger partial charge >= 0.3 is 5.97 Å². The molecule has 2 atom stereocenters. The molecule has 1 aromatic rings. The van der Waals surface area contributed by atoms with Crippen LogP contribution in [0, 0.1) is 12.8 Å². The van der Waals surface area contributed by atoms with E-state index in [1.165, 1.54) is 0 Å². The molecule has 1 saturated heterocycles. The summed E-state index contributed by atoms with van der Waals surface area (Å²) in [4.78, 5) is 17.7. The number of carboxylic acid groups (broad SMARTS) is 1. The Bertz CT molecular complexity index is 433. The Hall–Kier alpha value is -1.46. The van der Waals surface area contributed by atoms with Gasteiger partial charge < -0.3 is 9.84 Å². The summed E-state index contributed by atoms with van der Waals surface area (Å²) in [5.74, 6) is -1.22. The number of rotatable bonds is 5. The van der Waals surface area contributed by atoms with Gasteiger partial charge in [-0.15, -0.1) is 0 Å². The van der Waals surface area contributed by atoms with Gasteiger partial charge in [-0.05, 0) is 25.1 Å². The molecule has 0 aliphatic carbocycles. The third kappa shape index (κ3) is 3.30. The molecule has 2 unspecified atom stereocenters. The monoisotopic (exact) mass is 264 g/mol. The number of hydrogen-bond donors (Lipinski definition) is 1. The van der Waals surface area contributed by atoms with Crippen LogP contribution in [0.5, 0.6) is 0 Å². The topological polar surface area (TPSA) is 62.7 Å². The fourth-order valence-electron chi connectivity index (χ4n) is 2.40. The van der Waals surface area contributed by atoms with E-state index in [1.807, 2.05) is 32.2 Å². The Labute approximate surface area is 113 Å². The van der Waals surface area contributed by atoms with Gasteiger partial charge in [0.2, 0.25) is 0 Å². The normalized spacial score (nSPS) is 22.9. The van der Waals surface area contributed by atoms with Crippen molar-refractivity contribution in [3.8, 4) is 0 Å². The maximum atomic E-state index is 11.2. The van der Waals surface area contributed by atoms with E-state index in [2.05, 4.69) is 9.88 Å². The van der Waals surface area contributed by atoms with Crippen molar-refractivity contribution >= 4 is 5.97 Å². The average Bonchev–Trinajstić information content (AvgIpc) is 2.87. The van der Waals surface area contributed by atoms with E-state index in [9.17, 15) is 9.90 Å². The van der Waals surface area contributed by atoms with Crippen LogP contribution in [0.1, 0.15) is 18.2 Å². The number of aliphatic carboxylic acids is 1. The zero-order chi connectivity index (χ0) is 13.8. The second-order valence-electron chi connectivity index (χ2n) is 4.94.